The number of halogens is 2. The lowest BCUT2D eigenvalue weighted by Crippen LogP contribution is -2.46. The Kier molecular flexibility index (Phi) is 14.9. The van der Waals surface area contributed by atoms with Gasteiger partial charge in [0.05, 0.1) is 5.92 Å². The van der Waals surface area contributed by atoms with E-state index in [9.17, 15) is 14.0 Å². The maximum Gasteiger partial charge on any atom is 0.227 e. The number of nitrogens with zero attached hydrogens (tertiary/aromatic N) is 4. The van der Waals surface area contributed by atoms with Crippen molar-refractivity contribution in [2.24, 2.45) is 9.98 Å². The smallest absolute Gasteiger partial charge is 0.227 e. The third kappa shape index (κ3) is 11.3. The molecule has 1 atom stereocenters. The van der Waals surface area contributed by atoms with E-state index < -0.39 is 5.82 Å². The van der Waals surface area contributed by atoms with Crippen molar-refractivity contribution in [3.05, 3.63) is 118 Å². The van der Waals surface area contributed by atoms with Crippen LogP contribution in [0.1, 0.15) is 53.9 Å². The second kappa shape index (κ2) is 19.9. The highest BCUT2D eigenvalue weighted by molar-refractivity contribution is 6.31. The van der Waals surface area contributed by atoms with Gasteiger partial charge in [-0.1, -0.05) is 60.1 Å². The van der Waals surface area contributed by atoms with E-state index in [-0.39, 0.29) is 11.8 Å². The molecule has 11 heteroatoms. The monoisotopic (exact) mass is 726 g/mol. The number of likely N-dealkylation sites (N-methyl/N-ethyl adjacent to an activating group) is 1. The summed E-state index contributed by atoms with van der Waals surface area (Å²) in [5, 5.41) is 6.16. The van der Waals surface area contributed by atoms with Gasteiger partial charge in [0.1, 0.15) is 17.9 Å². The predicted molar refractivity (Wildman–Crippen MR) is 209 cm³/mol. The van der Waals surface area contributed by atoms with Gasteiger partial charge in [-0.2, -0.15) is 0 Å². The summed E-state index contributed by atoms with van der Waals surface area (Å²) in [6.45, 7) is 11.2. The quantitative estimate of drug-likeness (QED) is 0.0842. The number of aliphatic imine (C=N–C) groups is 2. The maximum absolute atomic E-state index is 13.9. The number of amidine groups is 1. The zero-order chi connectivity index (χ0) is 36.7. The molecule has 2 aliphatic heterocycles. The fourth-order valence-corrected chi connectivity index (χ4v) is 6.80. The minimum absolute atomic E-state index is 0.0583. The molecule has 3 aromatic rings. The molecular weight excluding hydrogens is 679 g/mol. The summed E-state index contributed by atoms with van der Waals surface area (Å²) in [4.78, 5) is 36.6. The highest BCUT2D eigenvalue weighted by Crippen LogP contribution is 2.31. The number of carbonyl (C=O) groups excluding carboxylic acids is 2. The van der Waals surface area contributed by atoms with Crippen LogP contribution in [0.3, 0.4) is 0 Å². The largest absolute Gasteiger partial charge is 0.381 e. The topological polar surface area (TPSA) is 98.6 Å². The van der Waals surface area contributed by atoms with E-state index in [2.05, 4.69) is 73.5 Å². The lowest BCUT2D eigenvalue weighted by Gasteiger charge is -2.34. The van der Waals surface area contributed by atoms with Gasteiger partial charge in [0.25, 0.3) is 0 Å². The van der Waals surface area contributed by atoms with Crippen molar-refractivity contribution < 1.29 is 18.7 Å². The second-order valence-corrected chi connectivity index (χ2v) is 13.5. The van der Waals surface area contributed by atoms with E-state index in [0.29, 0.717) is 29.4 Å². The number of aryl methyl sites for hydroxylation is 1. The number of ether oxygens (including phenoxy) is 1. The molecule has 3 aromatic carbocycles. The Labute approximate surface area is 311 Å². The van der Waals surface area contributed by atoms with Crippen LogP contribution >= 0.6 is 11.6 Å². The first-order valence-corrected chi connectivity index (χ1v) is 18.3. The Hall–Kier alpha value is -4.48. The molecule has 52 heavy (non-hydrogen) atoms. The van der Waals surface area contributed by atoms with Crippen molar-refractivity contribution in [2.75, 3.05) is 58.3 Å². The highest BCUT2D eigenvalue weighted by atomic mass is 35.5. The molecule has 0 saturated carbocycles. The third-order valence-corrected chi connectivity index (χ3v) is 9.60. The number of rotatable bonds is 18. The number of aldehydes is 1. The van der Waals surface area contributed by atoms with Gasteiger partial charge >= 0.3 is 0 Å². The van der Waals surface area contributed by atoms with E-state index in [4.69, 9.17) is 16.3 Å². The van der Waals surface area contributed by atoms with Crippen LogP contribution in [-0.2, 0) is 27.3 Å². The van der Waals surface area contributed by atoms with Crippen molar-refractivity contribution in [2.45, 2.75) is 44.6 Å². The van der Waals surface area contributed by atoms with Crippen LogP contribution in [0.15, 0.2) is 94.7 Å². The number of anilines is 1. The van der Waals surface area contributed by atoms with Gasteiger partial charge in [0.15, 0.2) is 0 Å². The molecule has 0 radical (unpaired) electrons. The first kappa shape index (κ1) is 38.7. The number of hydrogen-bond acceptors (Lipinski definition) is 8. The van der Waals surface area contributed by atoms with Crippen LogP contribution < -0.4 is 10.6 Å². The third-order valence-electron chi connectivity index (χ3n) is 9.39. The van der Waals surface area contributed by atoms with Gasteiger partial charge in [-0.25, -0.2) is 9.38 Å². The van der Waals surface area contributed by atoms with Crippen LogP contribution in [0.2, 0.25) is 5.02 Å². The minimum Gasteiger partial charge on any atom is -0.381 e. The van der Waals surface area contributed by atoms with Crippen molar-refractivity contribution >= 4 is 47.6 Å². The van der Waals surface area contributed by atoms with E-state index in [1.54, 1.807) is 25.5 Å². The van der Waals surface area contributed by atoms with Crippen LogP contribution in [0.5, 0.6) is 0 Å². The number of benzene rings is 3. The zero-order valence-corrected chi connectivity index (χ0v) is 30.6. The zero-order valence-electron chi connectivity index (χ0n) is 29.8. The molecule has 1 unspecified atom stereocenters. The van der Waals surface area contributed by atoms with Crippen molar-refractivity contribution in [1.82, 2.24) is 15.1 Å². The fourth-order valence-electron chi connectivity index (χ4n) is 6.57. The summed E-state index contributed by atoms with van der Waals surface area (Å²) < 4.78 is 19.8. The van der Waals surface area contributed by atoms with E-state index in [1.165, 1.54) is 23.3 Å². The molecule has 0 bridgehead atoms. The summed E-state index contributed by atoms with van der Waals surface area (Å²) in [5.74, 6) is -0.228. The number of nitrogens with one attached hydrogen (secondary N) is 2. The summed E-state index contributed by atoms with van der Waals surface area (Å²) in [5.41, 5.74) is 6.62. The summed E-state index contributed by atoms with van der Waals surface area (Å²) >= 11 is 6.03. The molecule has 0 aliphatic carbocycles. The molecule has 2 heterocycles. The van der Waals surface area contributed by atoms with Crippen LogP contribution in [0.4, 0.5) is 10.1 Å². The fraction of sp³-hybridized carbons (Fsp3) is 0.366. The Morgan fingerprint density at radius 1 is 1.02 bits per heavy atom. The molecule has 1 amide bonds. The van der Waals surface area contributed by atoms with Crippen molar-refractivity contribution in [1.29, 1.82) is 0 Å². The first-order chi connectivity index (χ1) is 25.4. The predicted octanol–water partition coefficient (Wildman–Crippen LogP) is 6.89. The molecule has 5 rings (SSSR count). The molecule has 2 N–H and O–H groups in total. The Morgan fingerprint density at radius 3 is 2.42 bits per heavy atom. The van der Waals surface area contributed by atoms with E-state index in [1.807, 2.05) is 12.1 Å². The molecule has 1 saturated heterocycles. The molecule has 0 aromatic heterocycles. The highest BCUT2D eigenvalue weighted by Gasteiger charge is 2.22. The Bertz CT molecular complexity index is 1730. The number of carbonyl (C=O) groups is 2. The van der Waals surface area contributed by atoms with Gasteiger partial charge in [0.2, 0.25) is 5.91 Å². The van der Waals surface area contributed by atoms with E-state index in [0.717, 1.165) is 100 Å². The van der Waals surface area contributed by atoms with Gasteiger partial charge in [-0.15, -0.1) is 0 Å². The molecule has 274 valence electrons. The lowest BCUT2D eigenvalue weighted by molar-refractivity contribution is -0.122. The molecular formula is C41H48ClFN6O3. The van der Waals surface area contributed by atoms with Crippen LogP contribution in [0, 0.1) is 5.82 Å². The SMILES string of the molecule is C=N/C=C1/C(c2ccc(CN3CCN(CCCOCCCc4ccc(C(CCC=O)C(=O)NC)cc4)CC3)cc2)=CN=C1Nc1cc(F)cc(Cl)c1. The summed E-state index contributed by atoms with van der Waals surface area (Å²) in [6, 6.07) is 20.9. The average Bonchev–Trinajstić information content (AvgIpc) is 3.53. The Balaban J connectivity index is 0.966. The maximum atomic E-state index is 13.9. The average molecular weight is 727 g/mol. The van der Waals surface area contributed by atoms with Gasteiger partial charge in [0, 0.05) is 100 Å². The number of hydrogen-bond donors (Lipinski definition) is 2. The van der Waals surface area contributed by atoms with Crippen molar-refractivity contribution in [3.63, 3.8) is 0 Å². The molecule has 2 aliphatic rings. The summed E-state index contributed by atoms with van der Waals surface area (Å²) in [7, 11) is 1.63. The molecule has 9 nitrogen and oxygen atoms in total. The molecule has 0 spiro atoms. The second-order valence-electron chi connectivity index (χ2n) is 13.1. The van der Waals surface area contributed by atoms with Gasteiger partial charge in [-0.3, -0.25) is 14.7 Å². The first-order valence-electron chi connectivity index (χ1n) is 17.9. The summed E-state index contributed by atoms with van der Waals surface area (Å²) in [6.07, 6.45) is 8.08. The lowest BCUT2D eigenvalue weighted by atomic mass is 9.92. The Morgan fingerprint density at radius 2 is 1.73 bits per heavy atom. The van der Waals surface area contributed by atoms with Crippen LogP contribution in [-0.4, -0.2) is 87.5 Å². The van der Waals surface area contributed by atoms with Gasteiger partial charge < -0.3 is 25.1 Å². The van der Waals surface area contributed by atoms with E-state index >= 15 is 0 Å². The number of piperazine rings is 1. The normalized spacial score (nSPS) is 16.3. The van der Waals surface area contributed by atoms with Gasteiger partial charge in [-0.05, 0) is 72.9 Å². The molecule has 1 fully saturated rings. The van der Waals surface area contributed by atoms with Crippen LogP contribution in [0.25, 0.3) is 5.57 Å². The standard InChI is InChI=1S/C41H48ClFN6O3/c1-44-27-39-38(28-46-40(39)47-36-25-34(42)24-35(43)26-36)33-14-10-31(11-15-33)29-49-19-17-48(18-20-49)16-5-23-52-22-4-6-30-8-12-32(13-9-30)37(7-3-21-50)41(51)45-2/h8-15,21,24-28,37H,1,3-7,16-20,22-23,29H2,2H3,(H,45,51)(H,46,47)/b39-27-. The van der Waals surface area contributed by atoms with Crippen molar-refractivity contribution in [3.8, 4) is 0 Å². The number of amides is 1. The minimum atomic E-state index is -0.427.